The third-order valence-corrected chi connectivity index (χ3v) is 10.7. The normalized spacial score (nSPS) is 14.0. The number of nitrogens with zero attached hydrogens (tertiary/aromatic N) is 2. The molecule has 0 aliphatic carbocycles. The number of hydrogen-bond acceptors (Lipinski definition) is 2. The van der Waals surface area contributed by atoms with E-state index in [0.717, 1.165) is 19.4 Å². The minimum atomic E-state index is 0. The van der Waals surface area contributed by atoms with E-state index in [4.69, 9.17) is 0 Å². The Kier molecular flexibility index (Phi) is 35.8. The van der Waals surface area contributed by atoms with Crippen LogP contribution < -0.4 is 0 Å². The zero-order valence-corrected chi connectivity index (χ0v) is 32.8. The first-order valence-corrected chi connectivity index (χ1v) is 21.2. The lowest BCUT2D eigenvalue weighted by Gasteiger charge is -2.35. The third-order valence-electron chi connectivity index (χ3n) is 10.7. The van der Waals surface area contributed by atoms with Crippen LogP contribution in [0.4, 0.5) is 0 Å². The monoisotopic (exact) mass is 669 g/mol. The van der Waals surface area contributed by atoms with Crippen molar-refractivity contribution in [3.63, 3.8) is 0 Å². The van der Waals surface area contributed by atoms with E-state index in [1.807, 2.05) is 0 Å². The minimum absolute atomic E-state index is 0. The van der Waals surface area contributed by atoms with E-state index in [-0.39, 0.29) is 18.6 Å². The summed E-state index contributed by atoms with van der Waals surface area (Å²) in [5.74, 6) is 0.381. The van der Waals surface area contributed by atoms with Gasteiger partial charge in [0, 0.05) is 26.1 Å². The lowest BCUT2D eigenvalue weighted by atomic mass is 10.0. The fourth-order valence-electron chi connectivity index (χ4n) is 7.47. The van der Waals surface area contributed by atoms with E-state index in [2.05, 4.69) is 30.6 Å². The van der Waals surface area contributed by atoms with E-state index < -0.39 is 0 Å². The molecule has 0 aromatic carbocycles. The number of likely N-dealkylation sites (tertiary alicyclic amines) is 1. The van der Waals surface area contributed by atoms with Gasteiger partial charge in [0.15, 0.2) is 0 Å². The summed E-state index contributed by atoms with van der Waals surface area (Å²) >= 11 is 0. The molecule has 276 valence electrons. The molecular weight excluding hydrogens is 584 g/mol. The highest BCUT2D eigenvalue weighted by Gasteiger charge is 2.28. The van der Waals surface area contributed by atoms with Crippen LogP contribution in [0.3, 0.4) is 0 Å². The van der Waals surface area contributed by atoms with E-state index in [0.29, 0.717) is 5.91 Å². The van der Waals surface area contributed by atoms with Gasteiger partial charge in [0.25, 0.3) is 0 Å². The fraction of sp³-hybridized carbons (Fsp3) is 0.976. The second-order valence-electron chi connectivity index (χ2n) is 15.0. The summed E-state index contributed by atoms with van der Waals surface area (Å²) in [6, 6.07) is 0. The molecule has 1 unspecified atom stereocenters. The molecule has 3 nitrogen and oxygen atoms in total. The number of hydrogen-bond donors (Lipinski definition) is 0. The van der Waals surface area contributed by atoms with Gasteiger partial charge in [-0.15, -0.1) is 12.4 Å². The van der Waals surface area contributed by atoms with Crippen molar-refractivity contribution in [1.82, 2.24) is 9.80 Å². The molecule has 0 N–H and O–H groups in total. The Labute approximate surface area is 297 Å². The summed E-state index contributed by atoms with van der Waals surface area (Å²) in [7, 11) is 0. The Hall–Kier alpha value is -0.280. The highest BCUT2D eigenvalue weighted by Crippen LogP contribution is 2.20. The summed E-state index contributed by atoms with van der Waals surface area (Å²) in [5, 5.41) is 0. The maximum Gasteiger partial charge on any atom is 0.223 e. The number of rotatable bonds is 36. The van der Waals surface area contributed by atoms with E-state index >= 15 is 0 Å². The first-order valence-electron chi connectivity index (χ1n) is 21.2. The molecule has 1 aliphatic rings. The Morgan fingerprint density at radius 3 is 0.978 bits per heavy atom. The summed E-state index contributed by atoms with van der Waals surface area (Å²) in [5.41, 5.74) is 0. The van der Waals surface area contributed by atoms with Gasteiger partial charge >= 0.3 is 0 Å². The largest absolute Gasteiger partial charge is 0.327 e. The molecule has 0 spiro atoms. The van der Waals surface area contributed by atoms with Crippen LogP contribution in [0.1, 0.15) is 239 Å². The molecule has 0 saturated carbocycles. The summed E-state index contributed by atoms with van der Waals surface area (Å²) in [6.07, 6.45) is 47.6. The van der Waals surface area contributed by atoms with Crippen LogP contribution in [-0.2, 0) is 4.79 Å². The van der Waals surface area contributed by atoms with Gasteiger partial charge in [-0.3, -0.25) is 9.69 Å². The molecule has 1 saturated heterocycles. The SMILES string of the molecule is CCCCCCCCCCCCCCCCCCN(CCCCCCCCCCCCCCCCCC)C(C)N1CCCC1=O.Cl. The zero-order chi connectivity index (χ0) is 32.5. The maximum absolute atomic E-state index is 12.5. The van der Waals surface area contributed by atoms with Crippen LogP contribution >= 0.6 is 12.4 Å². The Morgan fingerprint density at radius 2 is 0.739 bits per heavy atom. The van der Waals surface area contributed by atoms with Gasteiger partial charge < -0.3 is 4.90 Å². The molecule has 0 bridgehead atoms. The number of carbonyl (C=O) groups excluding carboxylic acids is 1. The molecule has 0 aromatic heterocycles. The van der Waals surface area contributed by atoms with Crippen LogP contribution in [0, 0.1) is 0 Å². The van der Waals surface area contributed by atoms with Crippen molar-refractivity contribution in [3.8, 4) is 0 Å². The van der Waals surface area contributed by atoms with E-state index in [1.54, 1.807) is 0 Å². The Balaban J connectivity index is 0.0000202. The average molecular weight is 670 g/mol. The topological polar surface area (TPSA) is 23.6 Å². The molecule has 0 radical (unpaired) electrons. The molecule has 0 aromatic rings. The van der Waals surface area contributed by atoms with Crippen molar-refractivity contribution >= 4 is 18.3 Å². The van der Waals surface area contributed by atoms with Crippen LogP contribution in [0.5, 0.6) is 0 Å². The number of amides is 1. The molecule has 46 heavy (non-hydrogen) atoms. The standard InChI is InChI=1S/C42H84N2O.ClH/c1-4-6-8-10-12-14-16-18-20-22-24-26-28-30-32-34-38-43(41(3)44-40-36-37-42(44)45)39-35-33-31-29-27-25-23-21-19-17-15-13-11-9-7-5-2;/h41H,4-40H2,1-3H3;1H. The predicted octanol–water partition coefficient (Wildman–Crippen LogP) is 14.2. The molecule has 4 heteroatoms. The molecule has 1 aliphatic heterocycles. The highest BCUT2D eigenvalue weighted by atomic mass is 35.5. The van der Waals surface area contributed by atoms with Gasteiger partial charge in [-0.05, 0) is 26.2 Å². The van der Waals surface area contributed by atoms with Crippen molar-refractivity contribution in [1.29, 1.82) is 0 Å². The molecule has 1 amide bonds. The van der Waals surface area contributed by atoms with E-state index in [1.165, 1.54) is 219 Å². The number of halogens is 1. The highest BCUT2D eigenvalue weighted by molar-refractivity contribution is 5.85. The molecule has 1 rings (SSSR count). The van der Waals surface area contributed by atoms with Crippen LogP contribution in [0.15, 0.2) is 0 Å². The molecule has 1 atom stereocenters. The smallest absolute Gasteiger partial charge is 0.223 e. The van der Waals surface area contributed by atoms with Gasteiger partial charge in [0.05, 0.1) is 6.17 Å². The van der Waals surface area contributed by atoms with Crippen molar-refractivity contribution in [2.24, 2.45) is 0 Å². The lowest BCUT2D eigenvalue weighted by Crippen LogP contribution is -2.47. The van der Waals surface area contributed by atoms with Gasteiger partial charge in [-0.2, -0.15) is 0 Å². The second kappa shape index (κ2) is 36.0. The fourth-order valence-corrected chi connectivity index (χ4v) is 7.47. The zero-order valence-electron chi connectivity index (χ0n) is 32.0. The van der Waals surface area contributed by atoms with Gasteiger partial charge in [-0.1, -0.05) is 206 Å². The Morgan fingerprint density at radius 1 is 0.478 bits per heavy atom. The predicted molar refractivity (Wildman–Crippen MR) is 208 cm³/mol. The summed E-state index contributed by atoms with van der Waals surface area (Å²) in [6.45, 7) is 10.2. The van der Waals surface area contributed by atoms with Crippen molar-refractivity contribution < 1.29 is 4.79 Å². The third kappa shape index (κ3) is 27.6. The van der Waals surface area contributed by atoms with Gasteiger partial charge in [0.2, 0.25) is 5.91 Å². The summed E-state index contributed by atoms with van der Waals surface area (Å²) in [4.78, 5) is 17.3. The molecule has 1 fully saturated rings. The van der Waals surface area contributed by atoms with Crippen molar-refractivity contribution in [2.45, 2.75) is 245 Å². The molecule has 1 heterocycles. The average Bonchev–Trinajstić information content (AvgIpc) is 3.48. The quantitative estimate of drug-likeness (QED) is 0.0620. The lowest BCUT2D eigenvalue weighted by molar-refractivity contribution is -0.132. The van der Waals surface area contributed by atoms with Crippen molar-refractivity contribution in [3.05, 3.63) is 0 Å². The second-order valence-corrected chi connectivity index (χ2v) is 15.0. The minimum Gasteiger partial charge on any atom is -0.327 e. The van der Waals surface area contributed by atoms with E-state index in [9.17, 15) is 4.79 Å². The summed E-state index contributed by atoms with van der Waals surface area (Å²) < 4.78 is 0. The van der Waals surface area contributed by atoms with Crippen LogP contribution in [0.25, 0.3) is 0 Å². The van der Waals surface area contributed by atoms with Gasteiger partial charge in [0.1, 0.15) is 0 Å². The number of unbranched alkanes of at least 4 members (excludes halogenated alkanes) is 30. The first kappa shape index (κ1) is 45.7. The molecular formula is C42H85ClN2O. The first-order chi connectivity index (χ1) is 22.2. The Bertz CT molecular complexity index is 578. The van der Waals surface area contributed by atoms with Gasteiger partial charge in [-0.25, -0.2) is 0 Å². The van der Waals surface area contributed by atoms with Crippen LogP contribution in [-0.4, -0.2) is 41.5 Å². The number of carbonyl (C=O) groups is 1. The van der Waals surface area contributed by atoms with Crippen LogP contribution in [0.2, 0.25) is 0 Å². The van der Waals surface area contributed by atoms with Crippen molar-refractivity contribution in [2.75, 3.05) is 19.6 Å². The maximum atomic E-state index is 12.5.